The van der Waals surface area contributed by atoms with E-state index in [1.807, 2.05) is 12.1 Å². The molecule has 1 aliphatic rings. The van der Waals surface area contributed by atoms with E-state index in [1.165, 1.54) is 11.1 Å². The van der Waals surface area contributed by atoms with E-state index in [0.717, 1.165) is 25.2 Å². The van der Waals surface area contributed by atoms with Crippen molar-refractivity contribution in [2.45, 2.75) is 25.9 Å². The van der Waals surface area contributed by atoms with Gasteiger partial charge in [-0.05, 0) is 30.5 Å². The minimum Gasteiger partial charge on any atom is -0.398 e. The van der Waals surface area contributed by atoms with Gasteiger partial charge in [-0.1, -0.05) is 18.1 Å². The molecule has 2 N–H and O–H groups in total. The first kappa shape index (κ1) is 10.1. The van der Waals surface area contributed by atoms with Crippen LogP contribution in [0.1, 0.15) is 18.1 Å². The van der Waals surface area contributed by atoms with Gasteiger partial charge < -0.3 is 5.73 Å². The van der Waals surface area contributed by atoms with Crippen LogP contribution in [0, 0.1) is 12.3 Å². The van der Waals surface area contributed by atoms with E-state index in [2.05, 4.69) is 23.8 Å². The number of nitrogens with two attached hydrogens (primary N) is 1. The lowest BCUT2D eigenvalue weighted by atomic mass is 9.97. The lowest BCUT2D eigenvalue weighted by Gasteiger charge is -2.31. The molecule has 1 unspecified atom stereocenters. The maximum absolute atomic E-state index is 5.94. The normalized spacial score (nSPS) is 17.9. The summed E-state index contributed by atoms with van der Waals surface area (Å²) in [5.41, 5.74) is 9.48. The Balaban J connectivity index is 2.25. The third-order valence-corrected chi connectivity index (χ3v) is 3.12. The Labute approximate surface area is 91.1 Å². The van der Waals surface area contributed by atoms with Gasteiger partial charge in [0.15, 0.2) is 0 Å². The monoisotopic (exact) mass is 200 g/mol. The van der Waals surface area contributed by atoms with Gasteiger partial charge in [0.2, 0.25) is 0 Å². The Morgan fingerprint density at radius 2 is 2.33 bits per heavy atom. The molecule has 0 saturated carbocycles. The zero-order valence-corrected chi connectivity index (χ0v) is 9.03. The van der Waals surface area contributed by atoms with Crippen molar-refractivity contribution in [1.82, 2.24) is 4.90 Å². The molecule has 0 radical (unpaired) electrons. The second-order valence-electron chi connectivity index (χ2n) is 4.05. The average Bonchev–Trinajstić information content (AvgIpc) is 2.28. The van der Waals surface area contributed by atoms with Crippen molar-refractivity contribution < 1.29 is 0 Å². The molecular formula is C13H16N2. The summed E-state index contributed by atoms with van der Waals surface area (Å²) in [6.45, 7) is 4.00. The summed E-state index contributed by atoms with van der Waals surface area (Å²) in [5, 5.41) is 0. The van der Waals surface area contributed by atoms with Gasteiger partial charge in [-0.15, -0.1) is 6.42 Å². The Kier molecular flexibility index (Phi) is 2.66. The minimum absolute atomic E-state index is 0.208. The van der Waals surface area contributed by atoms with Crippen LogP contribution in [-0.4, -0.2) is 17.5 Å². The number of nitrogen functional groups attached to an aromatic ring is 1. The van der Waals surface area contributed by atoms with Gasteiger partial charge in [0.05, 0.1) is 6.04 Å². The highest BCUT2D eigenvalue weighted by molar-refractivity contribution is 5.51. The first-order valence-electron chi connectivity index (χ1n) is 5.29. The maximum Gasteiger partial charge on any atom is 0.0686 e. The molecule has 2 nitrogen and oxygen atoms in total. The standard InChI is InChI=1S/C13H16N2/c1-3-10(2)15-8-7-12-11(9-15)5-4-6-13(12)14/h1,4-6,10H,7-9,14H2,2H3. The topological polar surface area (TPSA) is 29.3 Å². The quantitative estimate of drug-likeness (QED) is 0.551. The van der Waals surface area contributed by atoms with Crippen LogP contribution in [0.3, 0.4) is 0 Å². The number of hydrogen-bond donors (Lipinski definition) is 1. The van der Waals surface area contributed by atoms with Crippen LogP contribution < -0.4 is 5.73 Å². The fraction of sp³-hybridized carbons (Fsp3) is 0.385. The van der Waals surface area contributed by atoms with Crippen molar-refractivity contribution in [2.24, 2.45) is 0 Å². The van der Waals surface area contributed by atoms with E-state index < -0.39 is 0 Å². The summed E-state index contributed by atoms with van der Waals surface area (Å²) >= 11 is 0. The minimum atomic E-state index is 0.208. The van der Waals surface area contributed by atoms with Crippen molar-refractivity contribution >= 4 is 5.69 Å². The number of benzene rings is 1. The number of nitrogens with zero attached hydrogens (tertiary/aromatic N) is 1. The second kappa shape index (κ2) is 3.96. The van der Waals surface area contributed by atoms with Crippen molar-refractivity contribution in [2.75, 3.05) is 12.3 Å². The Morgan fingerprint density at radius 1 is 1.53 bits per heavy atom. The van der Waals surface area contributed by atoms with E-state index >= 15 is 0 Å². The van der Waals surface area contributed by atoms with Crippen molar-refractivity contribution in [3.05, 3.63) is 29.3 Å². The van der Waals surface area contributed by atoms with Crippen molar-refractivity contribution in [3.63, 3.8) is 0 Å². The van der Waals surface area contributed by atoms with Gasteiger partial charge in [0, 0.05) is 18.8 Å². The molecule has 0 aliphatic carbocycles. The first-order valence-corrected chi connectivity index (χ1v) is 5.29. The third kappa shape index (κ3) is 1.84. The van der Waals surface area contributed by atoms with Crippen LogP contribution in [0.5, 0.6) is 0 Å². The SMILES string of the molecule is C#CC(C)N1CCc2c(N)cccc2C1. The zero-order valence-electron chi connectivity index (χ0n) is 9.03. The molecule has 2 rings (SSSR count). The molecule has 1 atom stereocenters. The Hall–Kier alpha value is -1.46. The number of terminal acetylenes is 1. The van der Waals surface area contributed by atoms with Crippen LogP contribution in [0.4, 0.5) is 5.69 Å². The second-order valence-corrected chi connectivity index (χ2v) is 4.05. The Bertz CT molecular complexity index is 403. The Morgan fingerprint density at radius 3 is 3.07 bits per heavy atom. The summed E-state index contributed by atoms with van der Waals surface area (Å²) < 4.78 is 0. The van der Waals surface area contributed by atoms with E-state index in [4.69, 9.17) is 12.2 Å². The lowest BCUT2D eigenvalue weighted by Crippen LogP contribution is -2.37. The molecule has 0 bridgehead atoms. The highest BCUT2D eigenvalue weighted by atomic mass is 15.1. The summed E-state index contributed by atoms with van der Waals surface area (Å²) in [4.78, 5) is 2.31. The molecule has 0 amide bonds. The lowest BCUT2D eigenvalue weighted by molar-refractivity contribution is 0.228. The molecule has 1 aliphatic heterocycles. The summed E-state index contributed by atoms with van der Waals surface area (Å²) in [6.07, 6.45) is 6.44. The maximum atomic E-state index is 5.94. The molecule has 0 saturated heterocycles. The smallest absolute Gasteiger partial charge is 0.0686 e. The van der Waals surface area contributed by atoms with E-state index in [9.17, 15) is 0 Å². The van der Waals surface area contributed by atoms with E-state index in [1.54, 1.807) is 0 Å². The highest BCUT2D eigenvalue weighted by Gasteiger charge is 2.20. The predicted molar refractivity (Wildman–Crippen MR) is 63.3 cm³/mol. The van der Waals surface area contributed by atoms with Crippen molar-refractivity contribution in [3.8, 4) is 12.3 Å². The van der Waals surface area contributed by atoms with Gasteiger partial charge in [-0.2, -0.15) is 0 Å². The molecule has 78 valence electrons. The predicted octanol–water partition coefficient (Wildman–Crippen LogP) is 1.65. The largest absolute Gasteiger partial charge is 0.398 e. The molecule has 0 aromatic heterocycles. The highest BCUT2D eigenvalue weighted by Crippen LogP contribution is 2.24. The number of hydrogen-bond acceptors (Lipinski definition) is 2. The molecule has 1 heterocycles. The van der Waals surface area contributed by atoms with Crippen LogP contribution in [0.25, 0.3) is 0 Å². The third-order valence-electron chi connectivity index (χ3n) is 3.12. The first-order chi connectivity index (χ1) is 7.22. The molecule has 15 heavy (non-hydrogen) atoms. The summed E-state index contributed by atoms with van der Waals surface area (Å²) in [7, 11) is 0. The molecule has 0 fully saturated rings. The van der Waals surface area contributed by atoms with Gasteiger partial charge in [-0.25, -0.2) is 0 Å². The number of anilines is 1. The van der Waals surface area contributed by atoms with Crippen LogP contribution >= 0.6 is 0 Å². The number of fused-ring (bicyclic) bond motifs is 1. The molecule has 0 spiro atoms. The fourth-order valence-electron chi connectivity index (χ4n) is 2.10. The molecule has 1 aromatic rings. The van der Waals surface area contributed by atoms with Gasteiger partial charge in [0.25, 0.3) is 0 Å². The average molecular weight is 200 g/mol. The van der Waals surface area contributed by atoms with Crippen LogP contribution in [0.15, 0.2) is 18.2 Å². The van der Waals surface area contributed by atoms with E-state index in [-0.39, 0.29) is 6.04 Å². The molecular weight excluding hydrogens is 184 g/mol. The van der Waals surface area contributed by atoms with Gasteiger partial charge in [-0.3, -0.25) is 4.90 Å². The summed E-state index contributed by atoms with van der Waals surface area (Å²) in [6, 6.07) is 6.33. The molecule has 2 heteroatoms. The zero-order chi connectivity index (χ0) is 10.8. The van der Waals surface area contributed by atoms with Crippen molar-refractivity contribution in [1.29, 1.82) is 0 Å². The van der Waals surface area contributed by atoms with Crippen LogP contribution in [0.2, 0.25) is 0 Å². The van der Waals surface area contributed by atoms with Crippen LogP contribution in [-0.2, 0) is 13.0 Å². The molecule has 1 aromatic carbocycles. The van der Waals surface area contributed by atoms with Gasteiger partial charge >= 0.3 is 0 Å². The fourth-order valence-corrected chi connectivity index (χ4v) is 2.10. The van der Waals surface area contributed by atoms with Gasteiger partial charge in [0.1, 0.15) is 0 Å². The number of rotatable bonds is 1. The van der Waals surface area contributed by atoms with E-state index in [0.29, 0.717) is 0 Å². The summed E-state index contributed by atoms with van der Waals surface area (Å²) in [5.74, 6) is 2.77.